The molecule has 2 N–H and O–H groups in total. The smallest absolute Gasteiger partial charge is 0.319 e. The van der Waals surface area contributed by atoms with Crippen LogP contribution in [0.15, 0.2) is 72.9 Å². The number of ether oxygens (including phenoxy) is 3. The van der Waals surface area contributed by atoms with Gasteiger partial charge >= 0.3 is 5.97 Å². The monoisotopic (exact) mass is 602 g/mol. The maximum absolute atomic E-state index is 14.3. The number of aromatic nitrogens is 1. The maximum Gasteiger partial charge on any atom is 0.319 e. The number of carbonyl (C=O) groups excluding carboxylic acids is 1. The molecule has 0 saturated heterocycles. The number of rotatable bonds is 16. The van der Waals surface area contributed by atoms with E-state index >= 15 is 0 Å². The van der Waals surface area contributed by atoms with Crippen molar-refractivity contribution in [1.29, 1.82) is 0 Å². The molecule has 0 aliphatic carbocycles. The molecule has 10 heteroatoms. The Kier molecular flexibility index (Phi) is 11.2. The fourth-order valence-corrected chi connectivity index (χ4v) is 5.65. The zero-order valence-electron chi connectivity index (χ0n) is 26.1. The normalized spacial score (nSPS) is 12.0. The van der Waals surface area contributed by atoms with Crippen molar-refractivity contribution in [2.75, 3.05) is 48.0 Å². The van der Waals surface area contributed by atoms with Gasteiger partial charge in [-0.1, -0.05) is 55.5 Å². The lowest BCUT2D eigenvalue weighted by molar-refractivity contribution is -0.155. The van der Waals surface area contributed by atoms with E-state index in [0.29, 0.717) is 43.2 Å². The average molecular weight is 603 g/mol. The molecule has 0 radical (unpaired) electrons. The van der Waals surface area contributed by atoms with Gasteiger partial charge in [0.2, 0.25) is 11.7 Å². The van der Waals surface area contributed by atoms with Gasteiger partial charge in [-0.2, -0.15) is 0 Å². The molecule has 3 aromatic carbocycles. The molecule has 10 nitrogen and oxygen atoms in total. The second kappa shape index (κ2) is 15.3. The Morgan fingerprint density at radius 1 is 0.909 bits per heavy atom. The van der Waals surface area contributed by atoms with Crippen LogP contribution < -0.4 is 14.2 Å². The van der Waals surface area contributed by atoms with Crippen LogP contribution in [0.3, 0.4) is 0 Å². The third kappa shape index (κ3) is 7.69. The van der Waals surface area contributed by atoms with Crippen molar-refractivity contribution < 1.29 is 28.9 Å². The van der Waals surface area contributed by atoms with Gasteiger partial charge < -0.3 is 29.2 Å². The van der Waals surface area contributed by atoms with E-state index in [4.69, 9.17) is 14.2 Å². The molecule has 4 rings (SSSR count). The molecule has 1 heterocycles. The summed E-state index contributed by atoms with van der Waals surface area (Å²) >= 11 is 0. The number of hydrogen-bond donors (Lipinski definition) is 2. The van der Waals surface area contributed by atoms with Gasteiger partial charge in [0.25, 0.3) is 0 Å². The lowest BCUT2D eigenvalue weighted by Crippen LogP contribution is -2.57. The number of aromatic amines is 1. The van der Waals surface area contributed by atoms with E-state index in [1.165, 1.54) is 0 Å². The number of para-hydroxylation sites is 1. The number of likely N-dealkylation sites (N-methyl/N-ethyl adjacent to an activating group) is 2. The summed E-state index contributed by atoms with van der Waals surface area (Å²) in [5.41, 5.74) is 3.92. The molecular formula is C34H42N4O6. The first kappa shape index (κ1) is 32.4. The molecule has 1 aromatic heterocycles. The molecular weight excluding hydrogens is 560 g/mol. The summed E-state index contributed by atoms with van der Waals surface area (Å²) in [6.45, 7) is 2.88. The zero-order valence-corrected chi connectivity index (χ0v) is 26.1. The standard InChI is InChI=1S/C34H42N4O6/c1-6-38(37(23-32(39)40)17-16-26-21-35-28-15-11-10-14-27(26)28)29(18-24-12-8-7-9-13-24)34(41)36(2)22-25-19-30(42-3)33(44-5)31(20-25)43-4/h7-15,19-21,29,35H,6,16-18,22-23H2,1-5H3,(H,39,40)/t29-/m0/s1. The van der Waals surface area contributed by atoms with E-state index in [2.05, 4.69) is 11.1 Å². The molecule has 44 heavy (non-hydrogen) atoms. The predicted molar refractivity (Wildman–Crippen MR) is 170 cm³/mol. The van der Waals surface area contributed by atoms with Crippen LogP contribution >= 0.6 is 0 Å². The summed E-state index contributed by atoms with van der Waals surface area (Å²) in [7, 11) is 6.41. The third-order valence-corrected chi connectivity index (χ3v) is 7.76. The lowest BCUT2D eigenvalue weighted by atomic mass is 10.0. The number of carbonyl (C=O) groups is 2. The number of nitrogens with zero attached hydrogens (tertiary/aromatic N) is 3. The quantitative estimate of drug-likeness (QED) is 0.179. The first-order valence-electron chi connectivity index (χ1n) is 14.7. The van der Waals surface area contributed by atoms with Gasteiger partial charge in [0.05, 0.1) is 21.3 Å². The molecule has 0 spiro atoms. The first-order valence-corrected chi connectivity index (χ1v) is 14.7. The van der Waals surface area contributed by atoms with Gasteiger partial charge in [-0.05, 0) is 47.7 Å². The highest BCUT2D eigenvalue weighted by Gasteiger charge is 2.33. The molecule has 0 aliphatic rings. The molecule has 0 aliphatic heterocycles. The highest BCUT2D eigenvalue weighted by Crippen LogP contribution is 2.38. The van der Waals surface area contributed by atoms with Crippen LogP contribution in [-0.4, -0.2) is 90.9 Å². The minimum absolute atomic E-state index is 0.132. The summed E-state index contributed by atoms with van der Waals surface area (Å²) in [6.07, 6.45) is 3.00. The van der Waals surface area contributed by atoms with E-state index in [1.54, 1.807) is 38.3 Å². The van der Waals surface area contributed by atoms with Gasteiger partial charge in [0.15, 0.2) is 11.5 Å². The topological polar surface area (TPSA) is 108 Å². The summed E-state index contributed by atoms with van der Waals surface area (Å²) in [5.74, 6) is 0.393. The highest BCUT2D eigenvalue weighted by atomic mass is 16.5. The number of carboxylic acid groups (broad SMARTS) is 1. The van der Waals surface area contributed by atoms with Crippen molar-refractivity contribution in [3.05, 3.63) is 89.6 Å². The van der Waals surface area contributed by atoms with Crippen molar-refractivity contribution in [2.24, 2.45) is 0 Å². The van der Waals surface area contributed by atoms with Crippen LogP contribution in [0.1, 0.15) is 23.6 Å². The zero-order chi connectivity index (χ0) is 31.6. The third-order valence-electron chi connectivity index (χ3n) is 7.76. The summed E-state index contributed by atoms with van der Waals surface area (Å²) in [5, 5.41) is 14.7. The van der Waals surface area contributed by atoms with Crippen LogP contribution in [0.5, 0.6) is 17.2 Å². The second-order valence-electron chi connectivity index (χ2n) is 10.6. The number of nitrogens with one attached hydrogen (secondary N) is 1. The van der Waals surface area contributed by atoms with Gasteiger partial charge in [0, 0.05) is 43.8 Å². The van der Waals surface area contributed by atoms with Crippen LogP contribution in [0.4, 0.5) is 0 Å². The predicted octanol–water partition coefficient (Wildman–Crippen LogP) is 4.63. The molecule has 0 bridgehead atoms. The Balaban J connectivity index is 1.63. The minimum Gasteiger partial charge on any atom is -0.493 e. The van der Waals surface area contributed by atoms with E-state index in [9.17, 15) is 14.7 Å². The maximum atomic E-state index is 14.3. The Labute approximate surface area is 258 Å². The Bertz CT molecular complexity index is 1510. The molecule has 0 fully saturated rings. The summed E-state index contributed by atoms with van der Waals surface area (Å²) < 4.78 is 16.5. The number of benzene rings is 3. The molecule has 0 unspecified atom stereocenters. The van der Waals surface area contributed by atoms with Crippen molar-refractivity contribution in [2.45, 2.75) is 32.4 Å². The SMILES string of the molecule is CCN([C@@H](Cc1ccccc1)C(=O)N(C)Cc1cc(OC)c(OC)c(OC)c1)N(CCc1c[nH]c2ccccc12)CC(=O)O. The van der Waals surface area contributed by atoms with Gasteiger partial charge in [-0.15, -0.1) is 0 Å². The van der Waals surface area contributed by atoms with Crippen molar-refractivity contribution in [3.63, 3.8) is 0 Å². The van der Waals surface area contributed by atoms with Crippen molar-refractivity contribution in [3.8, 4) is 17.2 Å². The second-order valence-corrected chi connectivity index (χ2v) is 10.6. The number of fused-ring (bicyclic) bond motifs is 1. The molecule has 234 valence electrons. The van der Waals surface area contributed by atoms with E-state index in [1.807, 2.05) is 78.8 Å². The van der Waals surface area contributed by atoms with Gasteiger partial charge in [0.1, 0.15) is 12.6 Å². The first-order chi connectivity index (χ1) is 21.3. The summed E-state index contributed by atoms with van der Waals surface area (Å²) in [4.78, 5) is 31.4. The highest BCUT2D eigenvalue weighted by molar-refractivity contribution is 5.83. The number of carboxylic acids is 1. The number of H-pyrrole nitrogens is 1. The molecule has 1 amide bonds. The Hall–Kier alpha value is -4.54. The lowest BCUT2D eigenvalue weighted by Gasteiger charge is -2.40. The minimum atomic E-state index is -0.959. The fraction of sp³-hybridized carbons (Fsp3) is 0.353. The number of amides is 1. The number of hydrazine groups is 1. The van der Waals surface area contributed by atoms with Crippen LogP contribution in [-0.2, 0) is 29.0 Å². The van der Waals surface area contributed by atoms with Crippen molar-refractivity contribution in [1.82, 2.24) is 19.9 Å². The van der Waals surface area contributed by atoms with E-state index < -0.39 is 12.0 Å². The summed E-state index contributed by atoms with van der Waals surface area (Å²) in [6, 6.07) is 20.9. The number of hydrogen-bond acceptors (Lipinski definition) is 7. The Morgan fingerprint density at radius 3 is 2.18 bits per heavy atom. The number of methoxy groups -OCH3 is 3. The van der Waals surface area contributed by atoms with Crippen LogP contribution in [0, 0.1) is 0 Å². The molecule has 4 aromatic rings. The van der Waals surface area contributed by atoms with Gasteiger partial charge in [-0.3, -0.25) is 9.59 Å². The average Bonchev–Trinajstić information content (AvgIpc) is 3.45. The van der Waals surface area contributed by atoms with Crippen LogP contribution in [0.25, 0.3) is 10.9 Å². The van der Waals surface area contributed by atoms with Gasteiger partial charge in [-0.25, -0.2) is 10.0 Å². The largest absolute Gasteiger partial charge is 0.493 e. The number of aliphatic carboxylic acids is 1. The molecule has 0 saturated carbocycles. The fourth-order valence-electron chi connectivity index (χ4n) is 5.65. The molecule has 1 atom stereocenters. The van der Waals surface area contributed by atoms with Crippen molar-refractivity contribution >= 4 is 22.8 Å². The van der Waals surface area contributed by atoms with E-state index in [-0.39, 0.29) is 19.0 Å². The Morgan fingerprint density at radius 2 is 1.57 bits per heavy atom. The van der Waals surface area contributed by atoms with Crippen LogP contribution in [0.2, 0.25) is 0 Å². The van der Waals surface area contributed by atoms with E-state index in [0.717, 1.165) is 27.6 Å².